The van der Waals surface area contributed by atoms with Gasteiger partial charge >= 0.3 is 0 Å². The van der Waals surface area contributed by atoms with E-state index in [1.807, 2.05) is 6.20 Å². The van der Waals surface area contributed by atoms with Crippen molar-refractivity contribution in [3.63, 3.8) is 0 Å². The Labute approximate surface area is 173 Å². The van der Waals surface area contributed by atoms with Crippen LogP contribution in [0.3, 0.4) is 0 Å². The van der Waals surface area contributed by atoms with Gasteiger partial charge in [0.25, 0.3) is 0 Å². The van der Waals surface area contributed by atoms with Gasteiger partial charge < -0.3 is 15.2 Å². The van der Waals surface area contributed by atoms with Crippen LogP contribution in [0.4, 0.5) is 0 Å². The first-order chi connectivity index (χ1) is 14.1. The topological polar surface area (TPSA) is 48.1 Å². The second-order valence-corrected chi connectivity index (χ2v) is 8.49. The van der Waals surface area contributed by atoms with Gasteiger partial charge in [-0.2, -0.15) is 0 Å². The number of piperidine rings is 1. The first-order valence-corrected chi connectivity index (χ1v) is 10.7. The molecule has 0 bridgehead atoms. The van der Waals surface area contributed by atoms with E-state index in [-0.39, 0.29) is 5.91 Å². The number of carbonyl (C=O) groups excluding carboxylic acids is 1. The number of hydrogen-bond acceptors (Lipinski definition) is 2. The summed E-state index contributed by atoms with van der Waals surface area (Å²) in [5.41, 5.74) is 5.79. The van der Waals surface area contributed by atoms with Gasteiger partial charge in [-0.05, 0) is 61.5 Å². The van der Waals surface area contributed by atoms with E-state index in [1.54, 1.807) is 0 Å². The summed E-state index contributed by atoms with van der Waals surface area (Å²) in [6.07, 6.45) is 4.93. The Morgan fingerprint density at radius 1 is 1.10 bits per heavy atom. The molecule has 2 N–H and O–H groups in total. The molecule has 0 aliphatic carbocycles. The van der Waals surface area contributed by atoms with E-state index >= 15 is 0 Å². The molecule has 1 aliphatic heterocycles. The smallest absolute Gasteiger partial charge is 0.224 e. The summed E-state index contributed by atoms with van der Waals surface area (Å²) in [6.45, 7) is 8.41. The number of aromatic amines is 1. The summed E-state index contributed by atoms with van der Waals surface area (Å²) in [7, 11) is 0. The van der Waals surface area contributed by atoms with Gasteiger partial charge in [0.1, 0.15) is 0 Å². The van der Waals surface area contributed by atoms with Gasteiger partial charge in [0.15, 0.2) is 0 Å². The van der Waals surface area contributed by atoms with Crippen molar-refractivity contribution < 1.29 is 4.79 Å². The Kier molecular flexibility index (Phi) is 6.00. The molecule has 0 atom stereocenters. The third kappa shape index (κ3) is 4.88. The quantitative estimate of drug-likeness (QED) is 0.650. The standard InChI is InChI=1S/C25H31N3O/c1-18-3-5-20(6-4-18)21-7-8-23-22(17-27-24(23)15-21)16-25(29)26-11-14-28-12-9-19(2)10-13-28/h3-8,15,17,19,27H,9-14,16H2,1-2H3,(H,26,29). The van der Waals surface area contributed by atoms with E-state index in [2.05, 4.69) is 71.5 Å². The molecule has 0 radical (unpaired) electrons. The third-order valence-electron chi connectivity index (χ3n) is 6.13. The molecule has 1 fully saturated rings. The second kappa shape index (κ2) is 8.83. The van der Waals surface area contributed by atoms with Gasteiger partial charge in [-0.15, -0.1) is 0 Å². The van der Waals surface area contributed by atoms with Crippen LogP contribution in [0.25, 0.3) is 22.0 Å². The molecule has 1 saturated heterocycles. The van der Waals surface area contributed by atoms with Crippen LogP contribution in [0, 0.1) is 12.8 Å². The molecule has 2 heterocycles. The SMILES string of the molecule is Cc1ccc(-c2ccc3c(CC(=O)NCCN4CCC(C)CC4)c[nH]c3c2)cc1. The van der Waals surface area contributed by atoms with Crippen molar-refractivity contribution in [3.8, 4) is 11.1 Å². The Hall–Kier alpha value is -2.59. The van der Waals surface area contributed by atoms with Crippen LogP contribution in [0.1, 0.15) is 30.9 Å². The molecule has 152 valence electrons. The van der Waals surface area contributed by atoms with Crippen molar-refractivity contribution in [1.82, 2.24) is 15.2 Å². The first-order valence-electron chi connectivity index (χ1n) is 10.7. The van der Waals surface area contributed by atoms with Crippen LogP contribution in [-0.4, -0.2) is 42.0 Å². The number of carbonyl (C=O) groups is 1. The van der Waals surface area contributed by atoms with Crippen molar-refractivity contribution in [3.05, 3.63) is 59.8 Å². The molecule has 4 rings (SSSR count). The maximum atomic E-state index is 12.4. The Balaban J connectivity index is 1.34. The summed E-state index contributed by atoms with van der Waals surface area (Å²) >= 11 is 0. The van der Waals surface area contributed by atoms with Crippen molar-refractivity contribution in [2.75, 3.05) is 26.2 Å². The van der Waals surface area contributed by atoms with E-state index in [9.17, 15) is 4.79 Å². The van der Waals surface area contributed by atoms with E-state index in [4.69, 9.17) is 0 Å². The molecule has 4 nitrogen and oxygen atoms in total. The lowest BCUT2D eigenvalue weighted by Crippen LogP contribution is -2.39. The normalized spacial score (nSPS) is 15.7. The second-order valence-electron chi connectivity index (χ2n) is 8.49. The van der Waals surface area contributed by atoms with Crippen LogP contribution in [0.15, 0.2) is 48.7 Å². The van der Waals surface area contributed by atoms with Crippen molar-refractivity contribution >= 4 is 16.8 Å². The van der Waals surface area contributed by atoms with Crippen LogP contribution in [0.5, 0.6) is 0 Å². The highest BCUT2D eigenvalue weighted by molar-refractivity contribution is 5.91. The number of H-pyrrole nitrogens is 1. The highest BCUT2D eigenvalue weighted by atomic mass is 16.1. The number of hydrogen-bond donors (Lipinski definition) is 2. The Morgan fingerprint density at radius 3 is 2.59 bits per heavy atom. The molecule has 2 aromatic carbocycles. The number of nitrogens with zero attached hydrogens (tertiary/aromatic N) is 1. The van der Waals surface area contributed by atoms with Gasteiger partial charge in [-0.25, -0.2) is 0 Å². The summed E-state index contributed by atoms with van der Waals surface area (Å²) in [6, 6.07) is 15.0. The molecule has 1 amide bonds. The number of benzene rings is 2. The molecular weight excluding hydrogens is 358 g/mol. The van der Waals surface area contributed by atoms with Gasteiger partial charge in [-0.3, -0.25) is 4.79 Å². The number of nitrogens with one attached hydrogen (secondary N) is 2. The van der Waals surface area contributed by atoms with Crippen LogP contribution < -0.4 is 5.32 Å². The molecule has 4 heteroatoms. The molecule has 1 aliphatic rings. The maximum absolute atomic E-state index is 12.4. The largest absolute Gasteiger partial charge is 0.361 e. The lowest BCUT2D eigenvalue weighted by molar-refractivity contribution is -0.120. The number of fused-ring (bicyclic) bond motifs is 1. The molecular formula is C25H31N3O. The number of rotatable bonds is 6. The molecule has 3 aromatic rings. The highest BCUT2D eigenvalue weighted by Crippen LogP contribution is 2.26. The zero-order valence-electron chi connectivity index (χ0n) is 17.5. The van der Waals surface area contributed by atoms with Gasteiger partial charge in [-0.1, -0.05) is 48.9 Å². The number of amides is 1. The first kappa shape index (κ1) is 19.7. The number of likely N-dealkylation sites (tertiary alicyclic amines) is 1. The Bertz CT molecular complexity index is 965. The number of aryl methyl sites for hydroxylation is 1. The van der Waals surface area contributed by atoms with E-state index in [1.165, 1.54) is 29.5 Å². The fourth-order valence-electron chi connectivity index (χ4n) is 4.13. The van der Waals surface area contributed by atoms with Crippen molar-refractivity contribution in [1.29, 1.82) is 0 Å². The van der Waals surface area contributed by atoms with E-state index in [0.717, 1.165) is 48.6 Å². The predicted molar refractivity (Wildman–Crippen MR) is 120 cm³/mol. The average Bonchev–Trinajstić information content (AvgIpc) is 3.12. The lowest BCUT2D eigenvalue weighted by atomic mass is 9.99. The fourth-order valence-corrected chi connectivity index (χ4v) is 4.13. The van der Waals surface area contributed by atoms with Gasteiger partial charge in [0.05, 0.1) is 6.42 Å². The van der Waals surface area contributed by atoms with E-state index in [0.29, 0.717) is 6.42 Å². The zero-order chi connectivity index (χ0) is 20.2. The highest BCUT2D eigenvalue weighted by Gasteiger charge is 2.15. The van der Waals surface area contributed by atoms with Crippen LogP contribution >= 0.6 is 0 Å². The monoisotopic (exact) mass is 389 g/mol. The van der Waals surface area contributed by atoms with Gasteiger partial charge in [0.2, 0.25) is 5.91 Å². The van der Waals surface area contributed by atoms with Gasteiger partial charge in [0, 0.05) is 30.2 Å². The molecule has 0 spiro atoms. The van der Waals surface area contributed by atoms with E-state index < -0.39 is 0 Å². The van der Waals surface area contributed by atoms with Crippen molar-refractivity contribution in [2.24, 2.45) is 5.92 Å². The minimum atomic E-state index is 0.0962. The molecule has 1 aromatic heterocycles. The third-order valence-corrected chi connectivity index (χ3v) is 6.13. The number of aromatic nitrogens is 1. The average molecular weight is 390 g/mol. The summed E-state index contributed by atoms with van der Waals surface area (Å²) in [4.78, 5) is 18.2. The minimum absolute atomic E-state index is 0.0962. The predicted octanol–water partition coefficient (Wildman–Crippen LogP) is 4.53. The fraction of sp³-hybridized carbons (Fsp3) is 0.400. The summed E-state index contributed by atoms with van der Waals surface area (Å²) in [5.74, 6) is 0.938. The maximum Gasteiger partial charge on any atom is 0.224 e. The summed E-state index contributed by atoms with van der Waals surface area (Å²) < 4.78 is 0. The van der Waals surface area contributed by atoms with Crippen LogP contribution in [0.2, 0.25) is 0 Å². The van der Waals surface area contributed by atoms with Crippen LogP contribution in [-0.2, 0) is 11.2 Å². The molecule has 0 unspecified atom stereocenters. The minimum Gasteiger partial charge on any atom is -0.361 e. The Morgan fingerprint density at radius 2 is 1.83 bits per heavy atom. The molecule has 29 heavy (non-hydrogen) atoms. The van der Waals surface area contributed by atoms with Crippen molar-refractivity contribution in [2.45, 2.75) is 33.1 Å². The summed E-state index contributed by atoms with van der Waals surface area (Å²) in [5, 5.41) is 4.22. The zero-order valence-corrected chi connectivity index (χ0v) is 17.5. The lowest BCUT2D eigenvalue weighted by Gasteiger charge is -2.30. The molecule has 0 saturated carbocycles.